The van der Waals surface area contributed by atoms with Gasteiger partial charge in [0.15, 0.2) is 0 Å². The first-order valence-corrected chi connectivity index (χ1v) is 6.37. The number of pyridine rings is 1. The summed E-state index contributed by atoms with van der Waals surface area (Å²) in [6, 6.07) is 8.64. The Labute approximate surface area is 122 Å². The van der Waals surface area contributed by atoms with Crippen LogP contribution >= 0.6 is 0 Å². The van der Waals surface area contributed by atoms with Crippen LogP contribution < -0.4 is 16.4 Å². The van der Waals surface area contributed by atoms with Crippen molar-refractivity contribution in [2.75, 3.05) is 16.4 Å². The number of nitrogens with zero attached hydrogens (tertiary/aromatic N) is 1. The fourth-order valence-corrected chi connectivity index (χ4v) is 1.75. The summed E-state index contributed by atoms with van der Waals surface area (Å²) >= 11 is 0. The van der Waals surface area contributed by atoms with Crippen LogP contribution in [0.2, 0.25) is 0 Å². The van der Waals surface area contributed by atoms with E-state index in [1.165, 1.54) is 0 Å². The van der Waals surface area contributed by atoms with Crippen LogP contribution in [0.3, 0.4) is 0 Å². The average Bonchev–Trinajstić information content (AvgIpc) is 2.41. The second-order valence-electron chi connectivity index (χ2n) is 4.72. The van der Waals surface area contributed by atoms with Crippen molar-refractivity contribution in [1.29, 1.82) is 0 Å². The van der Waals surface area contributed by atoms with Crippen LogP contribution in [0.5, 0.6) is 0 Å². The number of benzene rings is 1. The van der Waals surface area contributed by atoms with Gasteiger partial charge in [-0.3, -0.25) is 9.59 Å². The maximum Gasteiger partial charge on any atom is 0.315 e. The third kappa shape index (κ3) is 3.79. The maximum atomic E-state index is 11.8. The molecule has 0 radical (unpaired) electrons. The molecule has 1 aromatic carbocycles. The van der Waals surface area contributed by atoms with Crippen molar-refractivity contribution in [2.45, 2.75) is 13.8 Å². The summed E-state index contributed by atoms with van der Waals surface area (Å²) in [4.78, 5) is 27.6. The highest BCUT2D eigenvalue weighted by Crippen LogP contribution is 2.19. The summed E-state index contributed by atoms with van der Waals surface area (Å²) in [5.41, 5.74) is 8.50. The number of nitrogens with two attached hydrogens (primary N) is 1. The van der Waals surface area contributed by atoms with Gasteiger partial charge in [-0.15, -0.1) is 0 Å². The van der Waals surface area contributed by atoms with Gasteiger partial charge in [0.05, 0.1) is 11.4 Å². The van der Waals surface area contributed by atoms with E-state index < -0.39 is 11.8 Å². The van der Waals surface area contributed by atoms with E-state index in [2.05, 4.69) is 15.6 Å². The summed E-state index contributed by atoms with van der Waals surface area (Å²) in [6.07, 6.45) is 1.56. The third-order valence-electron chi connectivity index (χ3n) is 2.82. The number of carbonyl (C=O) groups excluding carboxylic acids is 2. The molecule has 0 bridgehead atoms. The molecule has 0 unspecified atom stereocenters. The fourth-order valence-electron chi connectivity index (χ4n) is 1.75. The van der Waals surface area contributed by atoms with Crippen LogP contribution in [-0.2, 0) is 9.59 Å². The number of anilines is 3. The molecule has 0 saturated heterocycles. The van der Waals surface area contributed by atoms with Gasteiger partial charge in [-0.05, 0) is 49.2 Å². The van der Waals surface area contributed by atoms with Crippen molar-refractivity contribution < 1.29 is 9.59 Å². The Morgan fingerprint density at radius 1 is 1.00 bits per heavy atom. The maximum absolute atomic E-state index is 11.8. The van der Waals surface area contributed by atoms with Crippen LogP contribution in [-0.4, -0.2) is 16.8 Å². The fraction of sp³-hybridized carbons (Fsp3) is 0.133. The van der Waals surface area contributed by atoms with Gasteiger partial charge in [-0.2, -0.15) is 0 Å². The summed E-state index contributed by atoms with van der Waals surface area (Å²) in [5, 5.41) is 4.90. The smallest absolute Gasteiger partial charge is 0.315 e. The zero-order valence-electron chi connectivity index (χ0n) is 11.8. The van der Waals surface area contributed by atoms with Crippen LogP contribution in [0.15, 0.2) is 36.5 Å². The molecule has 108 valence electrons. The number of carbonyl (C=O) groups is 2. The van der Waals surface area contributed by atoms with E-state index in [-0.39, 0.29) is 0 Å². The van der Waals surface area contributed by atoms with Crippen molar-refractivity contribution in [2.24, 2.45) is 0 Å². The van der Waals surface area contributed by atoms with Crippen LogP contribution in [0.25, 0.3) is 0 Å². The largest absolute Gasteiger partial charge is 0.397 e. The number of aromatic nitrogens is 1. The lowest BCUT2D eigenvalue weighted by molar-refractivity contribution is -0.133. The Morgan fingerprint density at radius 2 is 1.67 bits per heavy atom. The van der Waals surface area contributed by atoms with Crippen molar-refractivity contribution >= 4 is 29.0 Å². The van der Waals surface area contributed by atoms with Gasteiger partial charge >= 0.3 is 11.8 Å². The zero-order chi connectivity index (χ0) is 15.4. The van der Waals surface area contributed by atoms with E-state index in [9.17, 15) is 9.59 Å². The second kappa shape index (κ2) is 6.04. The molecule has 6 nitrogen and oxygen atoms in total. The van der Waals surface area contributed by atoms with Gasteiger partial charge in [-0.25, -0.2) is 4.98 Å². The molecule has 2 aromatic rings. The Balaban J connectivity index is 2.04. The van der Waals surface area contributed by atoms with E-state index in [4.69, 9.17) is 5.73 Å². The number of hydrogen-bond donors (Lipinski definition) is 3. The molecule has 0 spiro atoms. The molecule has 0 aliphatic carbocycles. The van der Waals surface area contributed by atoms with E-state index in [0.717, 1.165) is 11.1 Å². The first-order valence-electron chi connectivity index (χ1n) is 6.37. The average molecular weight is 284 g/mol. The predicted molar refractivity (Wildman–Crippen MR) is 81.8 cm³/mol. The van der Waals surface area contributed by atoms with Crippen LogP contribution in [0.1, 0.15) is 11.1 Å². The number of nitrogen functional groups attached to an aromatic ring is 1. The van der Waals surface area contributed by atoms with Crippen LogP contribution in [0, 0.1) is 13.8 Å². The van der Waals surface area contributed by atoms with Gasteiger partial charge in [0, 0.05) is 6.20 Å². The first kappa shape index (κ1) is 14.5. The molecule has 0 fully saturated rings. The van der Waals surface area contributed by atoms with Gasteiger partial charge in [-0.1, -0.05) is 6.07 Å². The molecule has 4 N–H and O–H groups in total. The molecule has 0 aliphatic rings. The number of aryl methyl sites for hydroxylation is 2. The monoisotopic (exact) mass is 284 g/mol. The van der Waals surface area contributed by atoms with E-state index >= 15 is 0 Å². The number of hydrogen-bond acceptors (Lipinski definition) is 4. The molecule has 1 heterocycles. The normalized spacial score (nSPS) is 10.0. The topological polar surface area (TPSA) is 97.1 Å². The van der Waals surface area contributed by atoms with Gasteiger partial charge in [0.1, 0.15) is 5.82 Å². The molecule has 2 amide bonds. The lowest BCUT2D eigenvalue weighted by atomic mass is 10.2. The summed E-state index contributed by atoms with van der Waals surface area (Å²) in [5.74, 6) is -1.27. The van der Waals surface area contributed by atoms with E-state index in [1.807, 2.05) is 13.8 Å². The Morgan fingerprint density at radius 3 is 2.33 bits per heavy atom. The van der Waals surface area contributed by atoms with Gasteiger partial charge < -0.3 is 16.4 Å². The summed E-state index contributed by atoms with van der Waals surface area (Å²) in [7, 11) is 0. The molecule has 6 heteroatoms. The SMILES string of the molecule is Cc1ccnc(NC(=O)C(=O)Nc2ccc(C)cc2N)c1. The molecule has 0 saturated carbocycles. The van der Waals surface area contributed by atoms with Crippen molar-refractivity contribution in [1.82, 2.24) is 4.98 Å². The highest BCUT2D eigenvalue weighted by Gasteiger charge is 2.15. The predicted octanol–water partition coefficient (Wildman–Crippen LogP) is 1.86. The minimum Gasteiger partial charge on any atom is -0.397 e. The van der Waals surface area contributed by atoms with E-state index in [1.54, 1.807) is 36.5 Å². The highest BCUT2D eigenvalue weighted by atomic mass is 16.2. The van der Waals surface area contributed by atoms with E-state index in [0.29, 0.717) is 17.2 Å². The third-order valence-corrected chi connectivity index (χ3v) is 2.82. The number of rotatable bonds is 2. The lowest BCUT2D eigenvalue weighted by Gasteiger charge is -2.09. The molecule has 0 aliphatic heterocycles. The minimum atomic E-state index is -0.798. The molecular formula is C15H16N4O2. The Kier molecular flexibility index (Phi) is 4.18. The lowest BCUT2D eigenvalue weighted by Crippen LogP contribution is -2.29. The van der Waals surface area contributed by atoms with Crippen molar-refractivity contribution in [3.8, 4) is 0 Å². The van der Waals surface area contributed by atoms with Crippen LogP contribution in [0.4, 0.5) is 17.2 Å². The summed E-state index contributed by atoms with van der Waals surface area (Å²) < 4.78 is 0. The van der Waals surface area contributed by atoms with Gasteiger partial charge in [0.25, 0.3) is 0 Å². The second-order valence-corrected chi connectivity index (χ2v) is 4.72. The quantitative estimate of drug-likeness (QED) is 0.579. The Bertz CT molecular complexity index is 698. The molecule has 2 rings (SSSR count). The van der Waals surface area contributed by atoms with Crippen molar-refractivity contribution in [3.05, 3.63) is 47.7 Å². The minimum absolute atomic E-state index is 0.326. The molecule has 1 aromatic heterocycles. The number of nitrogens with one attached hydrogen (secondary N) is 2. The molecule has 0 atom stereocenters. The molecule has 21 heavy (non-hydrogen) atoms. The van der Waals surface area contributed by atoms with Gasteiger partial charge in [0.2, 0.25) is 0 Å². The number of amides is 2. The standard InChI is InChI=1S/C15H16N4O2/c1-9-3-4-12(11(16)7-9)18-14(20)15(21)19-13-8-10(2)5-6-17-13/h3-8H,16H2,1-2H3,(H,18,20)(H,17,19,21). The first-order chi connectivity index (χ1) is 9.95. The summed E-state index contributed by atoms with van der Waals surface area (Å²) in [6.45, 7) is 3.75. The van der Waals surface area contributed by atoms with Crippen molar-refractivity contribution in [3.63, 3.8) is 0 Å². The highest BCUT2D eigenvalue weighted by molar-refractivity contribution is 6.43. The zero-order valence-corrected chi connectivity index (χ0v) is 11.8. The Hall–Kier alpha value is -2.89. The molecular weight excluding hydrogens is 268 g/mol.